The van der Waals surface area contributed by atoms with E-state index in [0.717, 1.165) is 19.3 Å². The Hall–Kier alpha value is -1.06. The highest BCUT2D eigenvalue weighted by molar-refractivity contribution is 5.70. The van der Waals surface area contributed by atoms with Gasteiger partial charge >= 0.3 is 11.9 Å². The third-order valence-electron chi connectivity index (χ3n) is 8.18. The average Bonchev–Trinajstić information content (AvgIpc) is 2.83. The van der Waals surface area contributed by atoms with Gasteiger partial charge in [0.15, 0.2) is 0 Å². The van der Waals surface area contributed by atoms with Gasteiger partial charge in [-0.25, -0.2) is 0 Å². The smallest absolute Gasteiger partial charge is 0.306 e. The highest BCUT2D eigenvalue weighted by Gasteiger charge is 2.27. The van der Waals surface area contributed by atoms with Gasteiger partial charge in [-0.15, -0.1) is 0 Å². The Bertz CT molecular complexity index is 546. The Balaban J connectivity index is 2.02. The first-order chi connectivity index (χ1) is 17.4. The van der Waals surface area contributed by atoms with Crippen LogP contribution in [-0.2, 0) is 19.1 Å². The molecule has 1 saturated heterocycles. The van der Waals surface area contributed by atoms with Gasteiger partial charge in [-0.3, -0.25) is 9.59 Å². The number of carbonyl (C=O) groups excluding carboxylic acids is 2. The number of carbonyl (C=O) groups is 2. The molecule has 0 N–H and O–H groups in total. The molecule has 4 heteroatoms. The summed E-state index contributed by atoms with van der Waals surface area (Å²) in [6.45, 7) is 8.38. The second kappa shape index (κ2) is 22.0. The maximum atomic E-state index is 11.6. The number of esters is 2. The molecule has 1 heterocycles. The van der Waals surface area contributed by atoms with E-state index in [9.17, 15) is 9.59 Å². The normalized spacial score (nSPS) is 18.4. The fourth-order valence-corrected chi connectivity index (χ4v) is 5.61. The number of hydrogen-bond acceptors (Lipinski definition) is 4. The summed E-state index contributed by atoms with van der Waals surface area (Å²) in [6.07, 6.45) is 27.2. The average molecular weight is 509 g/mol. The zero-order valence-corrected chi connectivity index (χ0v) is 24.5. The van der Waals surface area contributed by atoms with Crippen LogP contribution >= 0.6 is 0 Å². The molecule has 0 spiro atoms. The van der Waals surface area contributed by atoms with Crippen molar-refractivity contribution in [2.24, 2.45) is 11.8 Å². The van der Waals surface area contributed by atoms with Crippen LogP contribution < -0.4 is 0 Å². The number of ether oxygens (including phenoxy) is 2. The molecule has 0 radical (unpaired) electrons. The standard InChI is InChI=1S/C32H60O4/c1-5-6-7-8-9-10-11-12-13-14-15-16-17-18-19-20-22-27(2)28(3)25-31(35-29(4)33)26-30-23-21-24-32(34)36-30/h27-28,30-31H,5-26H2,1-4H3/t27-,28+,30+,31+/m0/s1. The maximum absolute atomic E-state index is 11.6. The van der Waals surface area contributed by atoms with Crippen molar-refractivity contribution >= 4 is 11.9 Å². The second-order valence-corrected chi connectivity index (χ2v) is 11.8. The molecule has 4 atom stereocenters. The zero-order chi connectivity index (χ0) is 26.4. The molecule has 1 rings (SSSR count). The summed E-state index contributed by atoms with van der Waals surface area (Å²) in [5, 5.41) is 0. The molecule has 0 unspecified atom stereocenters. The van der Waals surface area contributed by atoms with Gasteiger partial charge in [0, 0.05) is 19.8 Å². The van der Waals surface area contributed by atoms with Crippen molar-refractivity contribution < 1.29 is 19.1 Å². The second-order valence-electron chi connectivity index (χ2n) is 11.8. The van der Waals surface area contributed by atoms with Gasteiger partial charge in [0.2, 0.25) is 0 Å². The molecule has 1 fully saturated rings. The summed E-state index contributed by atoms with van der Waals surface area (Å²) in [7, 11) is 0. The molecule has 4 nitrogen and oxygen atoms in total. The van der Waals surface area contributed by atoms with E-state index in [-0.39, 0.29) is 24.1 Å². The summed E-state index contributed by atoms with van der Waals surface area (Å²) in [5.41, 5.74) is 0. The number of cyclic esters (lactones) is 1. The van der Waals surface area contributed by atoms with Crippen molar-refractivity contribution in [1.29, 1.82) is 0 Å². The molecular formula is C32H60O4. The van der Waals surface area contributed by atoms with Gasteiger partial charge in [-0.05, 0) is 31.1 Å². The molecule has 212 valence electrons. The lowest BCUT2D eigenvalue weighted by Crippen LogP contribution is -2.31. The molecular weight excluding hydrogens is 448 g/mol. The lowest BCUT2D eigenvalue weighted by atomic mass is 9.85. The maximum Gasteiger partial charge on any atom is 0.306 e. The summed E-state index contributed by atoms with van der Waals surface area (Å²) in [5.74, 6) is 0.756. The molecule has 0 bridgehead atoms. The monoisotopic (exact) mass is 508 g/mol. The van der Waals surface area contributed by atoms with E-state index in [2.05, 4.69) is 20.8 Å². The van der Waals surface area contributed by atoms with E-state index in [4.69, 9.17) is 9.47 Å². The van der Waals surface area contributed by atoms with Gasteiger partial charge < -0.3 is 9.47 Å². The summed E-state index contributed by atoms with van der Waals surface area (Å²) >= 11 is 0. The SMILES string of the molecule is CCCCCCCCCCCCCCCCCC[C@H](C)[C@H](C)C[C@H](C[C@H]1CCCC(=O)O1)OC(C)=O. The summed E-state index contributed by atoms with van der Waals surface area (Å²) in [6, 6.07) is 0. The topological polar surface area (TPSA) is 52.6 Å². The molecule has 36 heavy (non-hydrogen) atoms. The summed E-state index contributed by atoms with van der Waals surface area (Å²) < 4.78 is 11.1. The van der Waals surface area contributed by atoms with Gasteiger partial charge in [0.25, 0.3) is 0 Å². The van der Waals surface area contributed by atoms with Crippen LogP contribution in [-0.4, -0.2) is 24.1 Å². The van der Waals surface area contributed by atoms with E-state index in [0.29, 0.717) is 24.7 Å². The fraction of sp³-hybridized carbons (Fsp3) is 0.938. The van der Waals surface area contributed by atoms with E-state index >= 15 is 0 Å². The van der Waals surface area contributed by atoms with Crippen molar-refractivity contribution in [3.8, 4) is 0 Å². The number of unbranched alkanes of at least 4 members (excludes halogenated alkanes) is 15. The van der Waals surface area contributed by atoms with Crippen LogP contribution in [0, 0.1) is 11.8 Å². The molecule has 0 saturated carbocycles. The Kier molecular flexibility index (Phi) is 20.1. The van der Waals surface area contributed by atoms with Crippen LogP contribution in [0.1, 0.15) is 169 Å². The fourth-order valence-electron chi connectivity index (χ4n) is 5.61. The molecule has 0 aliphatic carbocycles. The minimum Gasteiger partial charge on any atom is -0.462 e. The predicted molar refractivity (Wildman–Crippen MR) is 151 cm³/mol. The molecule has 0 aromatic rings. The highest BCUT2D eigenvalue weighted by Crippen LogP contribution is 2.28. The first kappa shape index (κ1) is 33.0. The largest absolute Gasteiger partial charge is 0.462 e. The third kappa shape index (κ3) is 18.2. The van der Waals surface area contributed by atoms with Crippen molar-refractivity contribution in [3.05, 3.63) is 0 Å². The molecule has 1 aliphatic rings. The third-order valence-corrected chi connectivity index (χ3v) is 8.18. The van der Waals surface area contributed by atoms with Crippen LogP contribution in [0.2, 0.25) is 0 Å². The van der Waals surface area contributed by atoms with Crippen LogP contribution in [0.5, 0.6) is 0 Å². The van der Waals surface area contributed by atoms with Gasteiger partial charge in [-0.2, -0.15) is 0 Å². The van der Waals surface area contributed by atoms with Crippen molar-refractivity contribution in [3.63, 3.8) is 0 Å². The van der Waals surface area contributed by atoms with Crippen molar-refractivity contribution in [2.45, 2.75) is 181 Å². The Morgan fingerprint density at radius 1 is 0.833 bits per heavy atom. The van der Waals surface area contributed by atoms with Crippen LogP contribution in [0.3, 0.4) is 0 Å². The molecule has 0 aromatic heterocycles. The first-order valence-electron chi connectivity index (χ1n) is 15.8. The van der Waals surface area contributed by atoms with E-state index in [1.54, 1.807) is 0 Å². The lowest BCUT2D eigenvalue weighted by molar-refractivity contribution is -0.158. The van der Waals surface area contributed by atoms with Crippen LogP contribution in [0.25, 0.3) is 0 Å². The molecule has 1 aliphatic heterocycles. The van der Waals surface area contributed by atoms with E-state index in [1.165, 1.54) is 116 Å². The molecule has 0 amide bonds. The van der Waals surface area contributed by atoms with E-state index in [1.807, 2.05) is 0 Å². The van der Waals surface area contributed by atoms with Gasteiger partial charge in [-0.1, -0.05) is 130 Å². The number of hydrogen-bond donors (Lipinski definition) is 0. The highest BCUT2D eigenvalue weighted by atomic mass is 16.6. The Labute approximate surface area is 224 Å². The van der Waals surface area contributed by atoms with Crippen LogP contribution in [0.15, 0.2) is 0 Å². The van der Waals surface area contributed by atoms with Crippen molar-refractivity contribution in [1.82, 2.24) is 0 Å². The Morgan fingerprint density at radius 2 is 1.33 bits per heavy atom. The van der Waals surface area contributed by atoms with E-state index < -0.39 is 0 Å². The van der Waals surface area contributed by atoms with Gasteiger partial charge in [0.05, 0.1) is 0 Å². The minimum atomic E-state index is -0.236. The zero-order valence-electron chi connectivity index (χ0n) is 24.5. The summed E-state index contributed by atoms with van der Waals surface area (Å²) in [4.78, 5) is 23.2. The lowest BCUT2D eigenvalue weighted by Gasteiger charge is -2.29. The first-order valence-corrected chi connectivity index (χ1v) is 15.8. The number of rotatable bonds is 23. The van der Waals surface area contributed by atoms with Gasteiger partial charge in [0.1, 0.15) is 12.2 Å². The quantitative estimate of drug-likeness (QED) is 0.102. The predicted octanol–water partition coefficient (Wildman–Crippen LogP) is 9.72. The Morgan fingerprint density at radius 3 is 1.81 bits per heavy atom. The molecule has 0 aromatic carbocycles. The van der Waals surface area contributed by atoms with Crippen molar-refractivity contribution in [2.75, 3.05) is 0 Å². The minimum absolute atomic E-state index is 0.0987. The van der Waals surface area contributed by atoms with Crippen LogP contribution in [0.4, 0.5) is 0 Å².